The third-order valence-electron chi connectivity index (χ3n) is 4.41. The quantitative estimate of drug-likeness (QED) is 0.683. The highest BCUT2D eigenvalue weighted by Gasteiger charge is 2.32. The SMILES string of the molecule is CCCNC(C)(CCCN1CC(C)OCC1CC)C(=O)O. The molecule has 3 unspecified atom stereocenters. The first-order valence-electron chi connectivity index (χ1n) is 8.27. The summed E-state index contributed by atoms with van der Waals surface area (Å²) in [6.07, 6.45) is 3.85. The molecule has 5 heteroatoms. The molecule has 0 aromatic rings. The lowest BCUT2D eigenvalue weighted by atomic mass is 9.95. The number of nitrogens with zero attached hydrogens (tertiary/aromatic N) is 1. The van der Waals surface area contributed by atoms with Crippen LogP contribution < -0.4 is 5.32 Å². The van der Waals surface area contributed by atoms with Crippen molar-refractivity contribution in [3.63, 3.8) is 0 Å². The van der Waals surface area contributed by atoms with E-state index >= 15 is 0 Å². The van der Waals surface area contributed by atoms with Crippen molar-refractivity contribution in [2.45, 2.75) is 71.1 Å². The van der Waals surface area contributed by atoms with Crippen molar-refractivity contribution in [1.82, 2.24) is 10.2 Å². The van der Waals surface area contributed by atoms with Gasteiger partial charge in [-0.1, -0.05) is 13.8 Å². The van der Waals surface area contributed by atoms with Crippen molar-refractivity contribution in [1.29, 1.82) is 0 Å². The van der Waals surface area contributed by atoms with Crippen LogP contribution in [0.1, 0.15) is 53.4 Å². The lowest BCUT2D eigenvalue weighted by Crippen LogP contribution is -2.51. The van der Waals surface area contributed by atoms with Crippen LogP contribution in [-0.4, -0.2) is 59.9 Å². The van der Waals surface area contributed by atoms with Gasteiger partial charge in [0.2, 0.25) is 0 Å². The van der Waals surface area contributed by atoms with E-state index in [1.165, 1.54) is 0 Å². The Morgan fingerprint density at radius 3 is 2.76 bits per heavy atom. The van der Waals surface area contributed by atoms with Crippen LogP contribution in [0.5, 0.6) is 0 Å². The predicted molar refractivity (Wildman–Crippen MR) is 84.6 cm³/mol. The van der Waals surface area contributed by atoms with Crippen LogP contribution in [0.2, 0.25) is 0 Å². The van der Waals surface area contributed by atoms with Crippen molar-refractivity contribution in [2.75, 3.05) is 26.2 Å². The van der Waals surface area contributed by atoms with Crippen LogP contribution in [0.4, 0.5) is 0 Å². The van der Waals surface area contributed by atoms with Crippen molar-refractivity contribution < 1.29 is 14.6 Å². The zero-order valence-electron chi connectivity index (χ0n) is 14.0. The third kappa shape index (κ3) is 5.57. The number of hydrogen-bond acceptors (Lipinski definition) is 4. The number of carbonyl (C=O) groups is 1. The van der Waals surface area contributed by atoms with E-state index in [9.17, 15) is 9.90 Å². The van der Waals surface area contributed by atoms with E-state index in [2.05, 4.69) is 31.0 Å². The van der Waals surface area contributed by atoms with E-state index in [-0.39, 0.29) is 6.10 Å². The van der Waals surface area contributed by atoms with Crippen LogP contribution >= 0.6 is 0 Å². The molecule has 0 saturated carbocycles. The highest BCUT2D eigenvalue weighted by molar-refractivity contribution is 5.78. The second-order valence-corrected chi connectivity index (χ2v) is 6.37. The van der Waals surface area contributed by atoms with E-state index in [1.54, 1.807) is 6.92 Å². The number of aliphatic carboxylic acids is 1. The van der Waals surface area contributed by atoms with Crippen LogP contribution in [0, 0.1) is 0 Å². The minimum absolute atomic E-state index is 0.275. The molecule has 1 aliphatic heterocycles. The van der Waals surface area contributed by atoms with Gasteiger partial charge in [0.05, 0.1) is 12.7 Å². The number of hydrogen-bond donors (Lipinski definition) is 2. The molecule has 21 heavy (non-hydrogen) atoms. The smallest absolute Gasteiger partial charge is 0.323 e. The molecule has 1 saturated heterocycles. The molecule has 3 atom stereocenters. The van der Waals surface area contributed by atoms with Gasteiger partial charge in [0, 0.05) is 12.6 Å². The lowest BCUT2D eigenvalue weighted by Gasteiger charge is -2.38. The number of nitrogens with one attached hydrogen (secondary N) is 1. The zero-order chi connectivity index (χ0) is 15.9. The van der Waals surface area contributed by atoms with Gasteiger partial charge in [-0.3, -0.25) is 9.69 Å². The van der Waals surface area contributed by atoms with E-state index in [0.29, 0.717) is 12.5 Å². The second-order valence-electron chi connectivity index (χ2n) is 6.37. The maximum Gasteiger partial charge on any atom is 0.323 e. The summed E-state index contributed by atoms with van der Waals surface area (Å²) in [6, 6.07) is 0.473. The van der Waals surface area contributed by atoms with Gasteiger partial charge in [-0.05, 0) is 52.6 Å². The Bertz CT molecular complexity index is 325. The Kier molecular flexibility index (Phi) is 7.63. The molecule has 0 amide bonds. The first kappa shape index (κ1) is 18.4. The second kappa shape index (κ2) is 8.71. The zero-order valence-corrected chi connectivity index (χ0v) is 14.0. The van der Waals surface area contributed by atoms with Gasteiger partial charge in [-0.2, -0.15) is 0 Å². The van der Waals surface area contributed by atoms with Crippen LogP contribution in [0.3, 0.4) is 0 Å². The van der Waals surface area contributed by atoms with Gasteiger partial charge >= 0.3 is 5.97 Å². The summed E-state index contributed by atoms with van der Waals surface area (Å²) in [5.74, 6) is -0.752. The van der Waals surface area contributed by atoms with Crippen molar-refractivity contribution in [3.05, 3.63) is 0 Å². The average Bonchev–Trinajstić information content (AvgIpc) is 2.45. The first-order valence-corrected chi connectivity index (χ1v) is 8.27. The Balaban J connectivity index is 2.46. The van der Waals surface area contributed by atoms with Crippen LogP contribution in [-0.2, 0) is 9.53 Å². The summed E-state index contributed by atoms with van der Waals surface area (Å²) in [7, 11) is 0. The minimum Gasteiger partial charge on any atom is -0.480 e. The minimum atomic E-state index is -0.810. The molecule has 1 rings (SSSR count). The molecule has 1 fully saturated rings. The number of ether oxygens (including phenoxy) is 1. The summed E-state index contributed by atoms with van der Waals surface area (Å²) in [5.41, 5.74) is -0.810. The number of carboxylic acid groups (broad SMARTS) is 1. The monoisotopic (exact) mass is 300 g/mol. The molecule has 0 spiro atoms. The molecule has 1 heterocycles. The summed E-state index contributed by atoms with van der Waals surface area (Å²) < 4.78 is 5.70. The molecule has 0 aromatic carbocycles. The standard InChI is InChI=1S/C16H32N2O3/c1-5-9-17-16(4,15(19)20)8-7-10-18-11-13(3)21-12-14(18)6-2/h13-14,17H,5-12H2,1-4H3,(H,19,20). The normalized spacial score (nSPS) is 26.5. The van der Waals surface area contributed by atoms with Gasteiger partial charge < -0.3 is 15.2 Å². The topological polar surface area (TPSA) is 61.8 Å². The first-order chi connectivity index (χ1) is 9.92. The third-order valence-corrected chi connectivity index (χ3v) is 4.41. The van der Waals surface area contributed by atoms with E-state index in [0.717, 1.165) is 45.5 Å². The fourth-order valence-corrected chi connectivity index (χ4v) is 2.87. The fourth-order valence-electron chi connectivity index (χ4n) is 2.87. The largest absolute Gasteiger partial charge is 0.480 e. The number of rotatable bonds is 9. The molecule has 2 N–H and O–H groups in total. The van der Waals surface area contributed by atoms with Gasteiger partial charge in [0.1, 0.15) is 5.54 Å². The number of carboxylic acids is 1. The summed E-state index contributed by atoms with van der Waals surface area (Å²) in [5, 5.41) is 12.6. The molecule has 0 aromatic heterocycles. The fraction of sp³-hybridized carbons (Fsp3) is 0.938. The van der Waals surface area contributed by atoms with Crippen LogP contribution in [0.15, 0.2) is 0 Å². The molecule has 1 aliphatic rings. The Hall–Kier alpha value is -0.650. The Morgan fingerprint density at radius 2 is 2.19 bits per heavy atom. The van der Waals surface area contributed by atoms with E-state index in [1.807, 2.05) is 0 Å². The average molecular weight is 300 g/mol. The Morgan fingerprint density at radius 1 is 1.48 bits per heavy atom. The van der Waals surface area contributed by atoms with Crippen LogP contribution in [0.25, 0.3) is 0 Å². The highest BCUT2D eigenvalue weighted by Crippen LogP contribution is 2.18. The Labute approximate surface area is 129 Å². The lowest BCUT2D eigenvalue weighted by molar-refractivity contribution is -0.144. The highest BCUT2D eigenvalue weighted by atomic mass is 16.5. The van der Waals surface area contributed by atoms with Gasteiger partial charge in [0.15, 0.2) is 0 Å². The van der Waals surface area contributed by atoms with Crippen molar-refractivity contribution in [2.24, 2.45) is 0 Å². The van der Waals surface area contributed by atoms with Gasteiger partial charge in [-0.15, -0.1) is 0 Å². The maximum absolute atomic E-state index is 11.5. The summed E-state index contributed by atoms with van der Waals surface area (Å²) in [4.78, 5) is 13.9. The van der Waals surface area contributed by atoms with Gasteiger partial charge in [-0.25, -0.2) is 0 Å². The van der Waals surface area contributed by atoms with E-state index < -0.39 is 11.5 Å². The van der Waals surface area contributed by atoms with Crippen molar-refractivity contribution >= 4 is 5.97 Å². The predicted octanol–water partition coefficient (Wildman–Crippen LogP) is 2.11. The molecular formula is C16H32N2O3. The molecule has 124 valence electrons. The summed E-state index contributed by atoms with van der Waals surface area (Å²) >= 11 is 0. The van der Waals surface area contributed by atoms with E-state index in [4.69, 9.17) is 4.74 Å². The molecule has 0 radical (unpaired) electrons. The van der Waals surface area contributed by atoms with Gasteiger partial charge in [0.25, 0.3) is 0 Å². The molecular weight excluding hydrogens is 268 g/mol. The molecule has 0 bridgehead atoms. The number of morpholine rings is 1. The summed E-state index contributed by atoms with van der Waals surface area (Å²) in [6.45, 7) is 11.6. The molecule has 5 nitrogen and oxygen atoms in total. The van der Waals surface area contributed by atoms with Crippen molar-refractivity contribution in [3.8, 4) is 0 Å². The molecule has 0 aliphatic carbocycles. The maximum atomic E-state index is 11.5.